The molecule has 1 rings (SSSR count). The van der Waals surface area contributed by atoms with Crippen LogP contribution in [0.2, 0.25) is 0 Å². The number of hydrogen-bond donors (Lipinski definition) is 2. The summed E-state index contributed by atoms with van der Waals surface area (Å²) < 4.78 is 10.2. The Labute approximate surface area is 215 Å². The van der Waals surface area contributed by atoms with Gasteiger partial charge >= 0.3 is 12.1 Å². The molecule has 0 radical (unpaired) electrons. The first-order chi connectivity index (χ1) is 16.5. The van der Waals surface area contributed by atoms with Crippen molar-refractivity contribution < 1.29 is 28.7 Å². The van der Waals surface area contributed by atoms with Crippen molar-refractivity contribution in [1.29, 1.82) is 0 Å². The lowest BCUT2D eigenvalue weighted by Crippen LogP contribution is -2.58. The molecule has 0 saturated carbocycles. The minimum atomic E-state index is -0.998. The van der Waals surface area contributed by atoms with Gasteiger partial charge in [-0.3, -0.25) is 14.4 Å². The van der Waals surface area contributed by atoms with Crippen molar-refractivity contribution in [3.63, 3.8) is 0 Å². The summed E-state index contributed by atoms with van der Waals surface area (Å²) in [5, 5.41) is 5.38. The van der Waals surface area contributed by atoms with Gasteiger partial charge in [-0.1, -0.05) is 18.2 Å². The summed E-state index contributed by atoms with van der Waals surface area (Å²) in [6, 6.07) is 3.63. The first-order valence-electron chi connectivity index (χ1n) is 12.3. The fourth-order valence-corrected chi connectivity index (χ4v) is 3.68. The molecular weight excluding hydrogens is 462 g/mol. The average Bonchev–Trinajstić information content (AvgIpc) is 2.71. The molecule has 1 aromatic rings. The molecule has 202 valence electrons. The number of nitrogens with one attached hydrogen (secondary N) is 2. The first kappa shape index (κ1) is 30.9. The summed E-state index contributed by atoms with van der Waals surface area (Å²) in [7, 11) is 0. The second kappa shape index (κ2) is 12.7. The molecule has 0 heterocycles. The van der Waals surface area contributed by atoms with Gasteiger partial charge in [-0.15, -0.1) is 0 Å². The zero-order valence-electron chi connectivity index (χ0n) is 23.4. The summed E-state index contributed by atoms with van der Waals surface area (Å²) >= 11 is 0. The zero-order chi connectivity index (χ0) is 27.8. The van der Waals surface area contributed by atoms with Gasteiger partial charge < -0.3 is 25.0 Å². The van der Waals surface area contributed by atoms with Crippen molar-refractivity contribution in [1.82, 2.24) is 15.5 Å². The molecule has 0 aliphatic heterocycles. The standard InChI is InChI=1S/C27H43N3O6/c1-11-35-21(31)15-16-28-23(32)22(20-14-12-13-17(2)18(20)3)30(26(5,6)7)24(33)19(4)29-25(34)36-27(8,9)10/h12-14,19,22H,11,15-16H2,1-10H3,(H,28,32)(H,29,34). The van der Waals surface area contributed by atoms with Gasteiger partial charge in [0.2, 0.25) is 11.8 Å². The fourth-order valence-electron chi connectivity index (χ4n) is 3.68. The third-order valence-electron chi connectivity index (χ3n) is 5.45. The number of alkyl carbamates (subject to hydrolysis) is 1. The van der Waals surface area contributed by atoms with Crippen LogP contribution in [0.15, 0.2) is 18.2 Å². The van der Waals surface area contributed by atoms with E-state index < -0.39 is 47.1 Å². The highest BCUT2D eigenvalue weighted by atomic mass is 16.6. The highest BCUT2D eigenvalue weighted by Crippen LogP contribution is 2.32. The molecule has 0 spiro atoms. The van der Waals surface area contributed by atoms with Crippen molar-refractivity contribution in [2.45, 2.75) is 98.9 Å². The van der Waals surface area contributed by atoms with Crippen molar-refractivity contribution in [3.05, 3.63) is 34.9 Å². The Balaban J connectivity index is 3.39. The number of benzene rings is 1. The number of nitrogens with zero attached hydrogens (tertiary/aromatic N) is 1. The van der Waals surface area contributed by atoms with E-state index in [9.17, 15) is 19.2 Å². The number of amides is 3. The smallest absolute Gasteiger partial charge is 0.408 e. The molecule has 0 aliphatic carbocycles. The number of esters is 1. The van der Waals surface area contributed by atoms with Crippen molar-refractivity contribution >= 4 is 23.9 Å². The summed E-state index contributed by atoms with van der Waals surface area (Å²) in [6.45, 7) is 18.1. The lowest BCUT2D eigenvalue weighted by atomic mass is 9.91. The van der Waals surface area contributed by atoms with Gasteiger partial charge in [0.15, 0.2) is 0 Å². The van der Waals surface area contributed by atoms with Crippen LogP contribution in [0.3, 0.4) is 0 Å². The molecule has 9 nitrogen and oxygen atoms in total. The largest absolute Gasteiger partial charge is 0.466 e. The van der Waals surface area contributed by atoms with E-state index in [2.05, 4.69) is 10.6 Å². The number of carbonyl (C=O) groups is 4. The predicted molar refractivity (Wildman–Crippen MR) is 138 cm³/mol. The molecule has 1 aromatic carbocycles. The van der Waals surface area contributed by atoms with Gasteiger partial charge in [0.1, 0.15) is 17.7 Å². The molecule has 2 atom stereocenters. The molecule has 36 heavy (non-hydrogen) atoms. The summed E-state index contributed by atoms with van der Waals surface area (Å²) in [6.07, 6.45) is -0.710. The Kier molecular flexibility index (Phi) is 10.9. The van der Waals surface area contributed by atoms with Gasteiger partial charge in [-0.25, -0.2) is 4.79 Å². The normalized spacial score (nSPS) is 13.3. The van der Waals surface area contributed by atoms with E-state index in [4.69, 9.17) is 9.47 Å². The quantitative estimate of drug-likeness (QED) is 0.491. The van der Waals surface area contributed by atoms with Crippen LogP contribution >= 0.6 is 0 Å². The number of hydrogen-bond acceptors (Lipinski definition) is 6. The summed E-state index contributed by atoms with van der Waals surface area (Å²) in [4.78, 5) is 53.0. The second-order valence-corrected chi connectivity index (χ2v) is 10.8. The van der Waals surface area contributed by atoms with Crippen molar-refractivity contribution in [3.8, 4) is 0 Å². The van der Waals surface area contributed by atoms with Crippen LogP contribution in [0.1, 0.15) is 84.5 Å². The van der Waals surface area contributed by atoms with Gasteiger partial charge in [0.05, 0.1) is 13.0 Å². The first-order valence-corrected chi connectivity index (χ1v) is 12.3. The van der Waals surface area contributed by atoms with Gasteiger partial charge in [-0.2, -0.15) is 0 Å². The van der Waals surface area contributed by atoms with E-state index in [0.29, 0.717) is 5.56 Å². The molecule has 2 unspecified atom stereocenters. The lowest BCUT2D eigenvalue weighted by molar-refractivity contribution is -0.148. The molecule has 2 N–H and O–H groups in total. The minimum Gasteiger partial charge on any atom is -0.466 e. The van der Waals surface area contributed by atoms with Crippen LogP contribution in [0.4, 0.5) is 4.79 Å². The highest BCUT2D eigenvalue weighted by molar-refractivity contribution is 5.92. The average molecular weight is 506 g/mol. The van der Waals surface area contributed by atoms with Crippen molar-refractivity contribution in [2.75, 3.05) is 13.2 Å². The van der Waals surface area contributed by atoms with E-state index in [1.807, 2.05) is 52.8 Å². The summed E-state index contributed by atoms with van der Waals surface area (Å²) in [5.41, 5.74) is 0.990. The minimum absolute atomic E-state index is 0.0131. The number of rotatable bonds is 9. The van der Waals surface area contributed by atoms with Crippen molar-refractivity contribution in [2.24, 2.45) is 0 Å². The Morgan fingerprint density at radius 2 is 1.64 bits per heavy atom. The molecule has 0 aromatic heterocycles. The van der Waals surface area contributed by atoms with E-state index in [0.717, 1.165) is 11.1 Å². The van der Waals surface area contributed by atoms with Gasteiger partial charge in [0.25, 0.3) is 0 Å². The molecule has 0 bridgehead atoms. The Bertz CT molecular complexity index is 946. The lowest BCUT2D eigenvalue weighted by Gasteiger charge is -2.43. The van der Waals surface area contributed by atoms with Crippen LogP contribution in [-0.2, 0) is 23.9 Å². The maximum Gasteiger partial charge on any atom is 0.408 e. The number of ether oxygens (including phenoxy) is 2. The summed E-state index contributed by atoms with van der Waals surface area (Å²) in [5.74, 6) is -1.29. The number of carbonyl (C=O) groups excluding carboxylic acids is 4. The number of aryl methyl sites for hydroxylation is 1. The molecule has 0 saturated heterocycles. The second-order valence-electron chi connectivity index (χ2n) is 10.8. The Morgan fingerprint density at radius 1 is 1.03 bits per heavy atom. The van der Waals surface area contributed by atoms with Crippen LogP contribution < -0.4 is 10.6 Å². The maximum absolute atomic E-state index is 13.8. The third kappa shape index (κ3) is 9.17. The maximum atomic E-state index is 13.8. The van der Waals surface area contributed by atoms with E-state index in [1.54, 1.807) is 34.6 Å². The van der Waals surface area contributed by atoms with E-state index in [1.165, 1.54) is 4.90 Å². The van der Waals surface area contributed by atoms with Crippen LogP contribution in [0.5, 0.6) is 0 Å². The molecular formula is C27H43N3O6. The molecule has 0 aliphatic rings. The molecule has 0 fully saturated rings. The predicted octanol–water partition coefficient (Wildman–Crippen LogP) is 3.95. The molecule has 3 amide bonds. The van der Waals surface area contributed by atoms with Crippen LogP contribution in [0.25, 0.3) is 0 Å². The third-order valence-corrected chi connectivity index (χ3v) is 5.45. The highest BCUT2D eigenvalue weighted by Gasteiger charge is 2.41. The van der Waals surface area contributed by atoms with Gasteiger partial charge in [-0.05, 0) is 85.9 Å². The fraction of sp³-hybridized carbons (Fsp3) is 0.630. The van der Waals surface area contributed by atoms with E-state index >= 15 is 0 Å². The van der Waals surface area contributed by atoms with E-state index in [-0.39, 0.29) is 19.6 Å². The Hall–Kier alpha value is -3.10. The zero-order valence-corrected chi connectivity index (χ0v) is 23.4. The topological polar surface area (TPSA) is 114 Å². The Morgan fingerprint density at radius 3 is 2.17 bits per heavy atom. The van der Waals surface area contributed by atoms with Crippen LogP contribution in [-0.4, -0.2) is 59.1 Å². The van der Waals surface area contributed by atoms with Gasteiger partial charge in [0, 0.05) is 12.1 Å². The van der Waals surface area contributed by atoms with Crippen LogP contribution in [0, 0.1) is 13.8 Å². The SMILES string of the molecule is CCOC(=O)CCNC(=O)C(c1cccc(C)c1C)N(C(=O)C(C)NC(=O)OC(C)(C)C)C(C)(C)C. The molecule has 9 heteroatoms. The monoisotopic (exact) mass is 505 g/mol.